The summed E-state index contributed by atoms with van der Waals surface area (Å²) in [7, 11) is -2.66. The molecule has 7 rings (SSSR count). The number of rotatable bonds is 14. The van der Waals surface area contributed by atoms with Crippen LogP contribution in [-0.2, 0) is 9.84 Å². The molecule has 0 unspecified atom stereocenters. The Bertz CT molecular complexity index is 3090. The number of methoxy groups -OCH3 is 1. The molecule has 0 bridgehead atoms. The van der Waals surface area contributed by atoms with Gasteiger partial charge in [-0.2, -0.15) is 0 Å². The first-order valence-electron chi connectivity index (χ1n) is 19.5. The second-order valence-electron chi connectivity index (χ2n) is 14.4. The molecule has 0 fully saturated rings. The molecular formula is C47H42N6O8S. The maximum Gasteiger partial charge on any atom is 0.255 e. The van der Waals surface area contributed by atoms with E-state index >= 15 is 0 Å². The molecule has 7 aromatic rings. The number of nitrogens with one attached hydrogen (secondary N) is 4. The van der Waals surface area contributed by atoms with E-state index in [0.29, 0.717) is 63.9 Å². The number of H-pyrrole nitrogens is 1. The maximum absolute atomic E-state index is 14.1. The largest absolute Gasteiger partial charge is 0.506 e. The molecule has 1 atom stereocenters. The molecule has 0 aliphatic heterocycles. The van der Waals surface area contributed by atoms with Crippen molar-refractivity contribution in [3.63, 3.8) is 0 Å². The topological polar surface area (TPSA) is 226 Å². The fourth-order valence-electron chi connectivity index (χ4n) is 6.93. The third-order valence-corrected chi connectivity index (χ3v) is 11.8. The molecule has 15 heteroatoms. The zero-order valence-electron chi connectivity index (χ0n) is 33.7. The Morgan fingerprint density at radius 2 is 1.69 bits per heavy atom. The van der Waals surface area contributed by atoms with Gasteiger partial charge in [-0.15, -0.1) is 0 Å². The van der Waals surface area contributed by atoms with Crippen LogP contribution >= 0.6 is 0 Å². The van der Waals surface area contributed by atoms with Gasteiger partial charge < -0.3 is 41.6 Å². The number of aliphatic hydroxyl groups is 1. The van der Waals surface area contributed by atoms with Crippen LogP contribution in [0.1, 0.15) is 56.4 Å². The van der Waals surface area contributed by atoms with Crippen molar-refractivity contribution in [1.29, 1.82) is 0 Å². The van der Waals surface area contributed by atoms with Crippen LogP contribution < -0.4 is 32.0 Å². The number of carbonyl (C=O) groups excluding carboxylic acids is 2. The lowest BCUT2D eigenvalue weighted by atomic mass is 10.0. The normalized spacial score (nSPS) is 11.7. The highest BCUT2D eigenvalue weighted by Gasteiger charge is 2.24. The number of anilines is 3. The number of phenolic OH excluding ortho intramolecular Hbond substituents is 1. The number of aromatic hydroxyl groups is 1. The molecule has 0 aliphatic rings. The molecular weight excluding hydrogens is 809 g/mol. The van der Waals surface area contributed by atoms with Crippen molar-refractivity contribution in [2.24, 2.45) is 5.73 Å². The van der Waals surface area contributed by atoms with Crippen molar-refractivity contribution < 1.29 is 33.0 Å². The van der Waals surface area contributed by atoms with E-state index in [1.165, 1.54) is 61.8 Å². The van der Waals surface area contributed by atoms with E-state index in [1.54, 1.807) is 67.6 Å². The highest BCUT2D eigenvalue weighted by molar-refractivity contribution is 7.91. The fraction of sp³-hybridized carbons (Fsp3) is 0.149. The highest BCUT2D eigenvalue weighted by Crippen LogP contribution is 2.35. The Hall–Kier alpha value is -7.51. The van der Waals surface area contributed by atoms with Crippen molar-refractivity contribution in [2.45, 2.75) is 35.7 Å². The van der Waals surface area contributed by atoms with E-state index in [9.17, 15) is 33.0 Å². The van der Waals surface area contributed by atoms with E-state index in [-0.39, 0.29) is 44.4 Å². The van der Waals surface area contributed by atoms with Gasteiger partial charge in [0.15, 0.2) is 0 Å². The van der Waals surface area contributed by atoms with Gasteiger partial charge in [0.25, 0.3) is 11.8 Å². The first kappa shape index (κ1) is 42.6. The lowest BCUT2D eigenvalue weighted by Crippen LogP contribution is -2.23. The molecule has 14 nitrogen and oxygen atoms in total. The van der Waals surface area contributed by atoms with Gasteiger partial charge in [-0.25, -0.2) is 8.42 Å². The fourth-order valence-corrected chi connectivity index (χ4v) is 8.35. The average Bonchev–Trinajstić information content (AvgIpc) is 3.26. The summed E-state index contributed by atoms with van der Waals surface area (Å²) in [6.45, 7) is 2.50. The average molecular weight is 851 g/mol. The van der Waals surface area contributed by atoms with Gasteiger partial charge in [-0.1, -0.05) is 36.1 Å². The van der Waals surface area contributed by atoms with E-state index in [2.05, 4.69) is 37.8 Å². The number of aromatic amines is 1. The smallest absolute Gasteiger partial charge is 0.255 e. The van der Waals surface area contributed by atoms with Gasteiger partial charge in [-0.3, -0.25) is 19.4 Å². The van der Waals surface area contributed by atoms with E-state index in [1.807, 2.05) is 0 Å². The predicted molar refractivity (Wildman–Crippen MR) is 238 cm³/mol. The number of fused-ring (bicyclic) bond motifs is 2. The van der Waals surface area contributed by atoms with Crippen LogP contribution in [0.3, 0.4) is 0 Å². The number of aromatic nitrogens is 2. The monoisotopic (exact) mass is 850 g/mol. The van der Waals surface area contributed by atoms with Crippen LogP contribution in [0.25, 0.3) is 21.8 Å². The highest BCUT2D eigenvalue weighted by atomic mass is 32.2. The molecule has 0 saturated heterocycles. The first-order valence-corrected chi connectivity index (χ1v) is 20.9. The summed E-state index contributed by atoms with van der Waals surface area (Å²) in [5.41, 5.74) is 9.28. The summed E-state index contributed by atoms with van der Waals surface area (Å²) >= 11 is 0. The summed E-state index contributed by atoms with van der Waals surface area (Å²) in [6.07, 6.45) is 1.68. The van der Waals surface area contributed by atoms with Crippen LogP contribution in [0.15, 0.2) is 130 Å². The minimum absolute atomic E-state index is 0.0639. The Kier molecular flexibility index (Phi) is 12.6. The zero-order valence-corrected chi connectivity index (χ0v) is 34.5. The number of nitrogens with zero attached hydrogens (tertiary/aromatic N) is 1. The number of benzene rings is 5. The van der Waals surface area contributed by atoms with Crippen molar-refractivity contribution >= 4 is 60.5 Å². The van der Waals surface area contributed by atoms with Crippen LogP contribution in [-0.4, -0.2) is 60.6 Å². The molecule has 0 radical (unpaired) electrons. The Labute approximate surface area is 356 Å². The number of hydrogen-bond acceptors (Lipinski definition) is 11. The number of aliphatic hydroxyl groups excluding tert-OH is 1. The van der Waals surface area contributed by atoms with E-state index < -0.39 is 33.3 Å². The van der Waals surface area contributed by atoms with Crippen molar-refractivity contribution in [3.8, 4) is 23.3 Å². The number of phenols is 1. The summed E-state index contributed by atoms with van der Waals surface area (Å²) in [5.74, 6) is 5.44. The molecule has 0 spiro atoms. The SMILES string of the molecule is COc1cccc(Nc2c(C(N)=O)cnc3c(C)cc(S(=O)(=O)c4cccc(C(=O)Nc5ccc(C#CCCCNC[C@H](O)c6cc(=O)[nH]c7c(O)cccc67)cc5)c4)cc23)c1. The second-order valence-corrected chi connectivity index (χ2v) is 16.3. The Morgan fingerprint density at radius 3 is 2.47 bits per heavy atom. The second kappa shape index (κ2) is 18.4. The quantitative estimate of drug-likeness (QED) is 0.0463. The number of amides is 2. The van der Waals surface area contributed by atoms with Gasteiger partial charge in [-0.05, 0) is 104 Å². The number of unbranched alkanes of at least 4 members (excludes halogenated alkanes) is 1. The molecule has 0 aliphatic carbocycles. The number of ether oxygens (including phenoxy) is 1. The predicted octanol–water partition coefficient (Wildman–Crippen LogP) is 6.48. The van der Waals surface area contributed by atoms with Crippen molar-refractivity contribution in [3.05, 3.63) is 154 Å². The third-order valence-electron chi connectivity index (χ3n) is 10.1. The number of nitrogens with two attached hydrogens (primary N) is 1. The lowest BCUT2D eigenvalue weighted by molar-refractivity contribution is 0.0998. The van der Waals surface area contributed by atoms with Crippen molar-refractivity contribution in [2.75, 3.05) is 30.8 Å². The van der Waals surface area contributed by atoms with E-state index in [0.717, 1.165) is 5.56 Å². The number of sulfone groups is 1. The summed E-state index contributed by atoms with van der Waals surface area (Å²) in [4.78, 5) is 44.8. The van der Waals surface area contributed by atoms with E-state index in [4.69, 9.17) is 10.5 Å². The molecule has 0 saturated carbocycles. The number of carbonyl (C=O) groups is 2. The molecule has 2 heterocycles. The molecule has 62 heavy (non-hydrogen) atoms. The number of primary amides is 1. The van der Waals surface area contributed by atoms with Crippen molar-refractivity contribution in [1.82, 2.24) is 15.3 Å². The minimum atomic E-state index is -4.18. The Balaban J connectivity index is 0.980. The zero-order chi connectivity index (χ0) is 44.0. The summed E-state index contributed by atoms with van der Waals surface area (Å²) in [6, 6.07) is 28.8. The molecule has 314 valence electrons. The lowest BCUT2D eigenvalue weighted by Gasteiger charge is -2.16. The maximum atomic E-state index is 14.1. The van der Waals surface area contributed by atoms with Crippen LogP contribution in [0.2, 0.25) is 0 Å². The van der Waals surface area contributed by atoms with Gasteiger partial charge in [0.1, 0.15) is 11.5 Å². The minimum Gasteiger partial charge on any atom is -0.506 e. The van der Waals surface area contributed by atoms with Crippen LogP contribution in [0.4, 0.5) is 17.1 Å². The third kappa shape index (κ3) is 9.43. The van der Waals surface area contributed by atoms with Gasteiger partial charge in [0, 0.05) is 64.6 Å². The standard InChI is InChI=1S/C47H42N6O8S/c1-28-21-35(24-38-43(28)50-26-39(46(48)57)44(38)51-32-11-7-12-33(23-32)61-2)62(59,60)34-13-6-10-30(22-34)47(58)52-31-18-16-29(17-19-31)9-4-3-5-20-49-27-41(55)37-25-42(56)53-45-36(37)14-8-15-40(45)54/h6-8,10-19,21-26,41,49,54-55H,3,5,20,27H2,1-2H3,(H2,48,57)(H,50,51)(H,52,58)(H,53,56)/t41-/m0/s1. The number of pyridine rings is 2. The van der Waals surface area contributed by atoms with Gasteiger partial charge in [0.05, 0.1) is 45.3 Å². The molecule has 8 N–H and O–H groups in total. The van der Waals surface area contributed by atoms with Crippen LogP contribution in [0.5, 0.6) is 11.5 Å². The Morgan fingerprint density at radius 1 is 0.919 bits per heavy atom. The molecule has 2 amide bonds. The molecule has 2 aromatic heterocycles. The van der Waals surface area contributed by atoms with Gasteiger partial charge in [0.2, 0.25) is 15.4 Å². The molecule has 5 aromatic carbocycles. The summed E-state index contributed by atoms with van der Waals surface area (Å²) in [5, 5.41) is 30.9. The van der Waals surface area contributed by atoms with Crippen LogP contribution in [0, 0.1) is 18.8 Å². The summed E-state index contributed by atoms with van der Waals surface area (Å²) < 4.78 is 33.6. The first-order chi connectivity index (χ1) is 29.8. The number of para-hydroxylation sites is 1. The number of aryl methyl sites for hydroxylation is 1. The van der Waals surface area contributed by atoms with Gasteiger partial charge >= 0.3 is 0 Å². The number of hydrogen-bond donors (Lipinski definition) is 7.